The van der Waals surface area contributed by atoms with Crippen molar-refractivity contribution in [2.75, 3.05) is 11.9 Å². The molecule has 1 aliphatic rings. The first-order valence-corrected chi connectivity index (χ1v) is 10.4. The Morgan fingerprint density at radius 1 is 1.34 bits per heavy atom. The van der Waals surface area contributed by atoms with Gasteiger partial charge in [-0.3, -0.25) is 14.5 Å². The Bertz CT molecular complexity index is 980. The molecule has 1 aromatic heterocycles. The summed E-state index contributed by atoms with van der Waals surface area (Å²) in [7, 11) is 0. The predicted octanol–water partition coefficient (Wildman–Crippen LogP) is 4.55. The number of hydrogen-bond donors (Lipinski definition) is 1. The van der Waals surface area contributed by atoms with Crippen LogP contribution in [0.15, 0.2) is 57.5 Å². The normalized spacial score (nSPS) is 16.0. The Hall–Kier alpha value is -2.71. The molecule has 1 aliphatic heterocycles. The molecule has 150 valence electrons. The van der Waals surface area contributed by atoms with Gasteiger partial charge in [0.25, 0.3) is 5.91 Å². The first-order valence-electron chi connectivity index (χ1n) is 9.14. The van der Waals surface area contributed by atoms with Gasteiger partial charge < -0.3 is 9.84 Å². The maximum atomic E-state index is 12.7. The van der Waals surface area contributed by atoms with E-state index in [0.29, 0.717) is 33.8 Å². The Morgan fingerprint density at radius 2 is 2.10 bits per heavy atom. The van der Waals surface area contributed by atoms with Gasteiger partial charge in [0.1, 0.15) is 10.1 Å². The Labute approximate surface area is 179 Å². The van der Waals surface area contributed by atoms with E-state index >= 15 is 0 Å². The molecule has 3 rings (SSSR count). The minimum atomic E-state index is -0.180. The molecular formula is C21H21N3O3S2. The number of amides is 2. The Balaban J connectivity index is 1.53. The summed E-state index contributed by atoms with van der Waals surface area (Å²) < 4.78 is 5.43. The molecule has 0 saturated carbocycles. The average molecular weight is 428 g/mol. The summed E-state index contributed by atoms with van der Waals surface area (Å²) in [5.41, 5.74) is 2.05. The molecule has 0 bridgehead atoms. The highest BCUT2D eigenvalue weighted by molar-refractivity contribution is 8.26. The van der Waals surface area contributed by atoms with Crippen LogP contribution in [0.1, 0.15) is 31.1 Å². The molecule has 0 radical (unpaired) electrons. The van der Waals surface area contributed by atoms with Crippen molar-refractivity contribution in [2.24, 2.45) is 0 Å². The lowest BCUT2D eigenvalue weighted by molar-refractivity contribution is -0.122. The number of nitrogens with zero attached hydrogens (tertiary/aromatic N) is 2. The van der Waals surface area contributed by atoms with Crippen LogP contribution in [0, 0.1) is 6.92 Å². The molecule has 6 nitrogen and oxygen atoms in total. The van der Waals surface area contributed by atoms with Gasteiger partial charge in [-0.25, -0.2) is 0 Å². The molecule has 2 amide bonds. The van der Waals surface area contributed by atoms with Crippen molar-refractivity contribution < 1.29 is 14.1 Å². The minimum Gasteiger partial charge on any atom is -0.360 e. The van der Waals surface area contributed by atoms with Gasteiger partial charge in [-0.05, 0) is 37.5 Å². The molecule has 0 unspecified atom stereocenters. The van der Waals surface area contributed by atoms with E-state index in [1.54, 1.807) is 17.9 Å². The number of hydrogen-bond acceptors (Lipinski definition) is 6. The molecule has 0 spiro atoms. The number of thiocarbonyl (C=S) groups is 1. The number of carbonyl (C=O) groups excluding carboxylic acids is 2. The second-order valence-corrected chi connectivity index (χ2v) is 8.28. The number of allylic oxidation sites excluding steroid dienone is 2. The third kappa shape index (κ3) is 5.88. The number of thioether (sulfide) groups is 1. The Kier molecular flexibility index (Phi) is 7.00. The first-order chi connectivity index (χ1) is 13.9. The van der Waals surface area contributed by atoms with Crippen molar-refractivity contribution in [3.8, 4) is 0 Å². The highest BCUT2D eigenvalue weighted by Gasteiger charge is 2.31. The second kappa shape index (κ2) is 9.67. The maximum absolute atomic E-state index is 12.7. The number of nitrogens with one attached hydrogen (secondary N) is 1. The van der Waals surface area contributed by atoms with Crippen LogP contribution in [-0.4, -0.2) is 32.7 Å². The van der Waals surface area contributed by atoms with Crippen molar-refractivity contribution in [3.05, 3.63) is 64.3 Å². The zero-order chi connectivity index (χ0) is 20.8. The van der Waals surface area contributed by atoms with E-state index in [0.717, 1.165) is 11.1 Å². The van der Waals surface area contributed by atoms with E-state index in [4.69, 9.17) is 16.7 Å². The van der Waals surface area contributed by atoms with E-state index in [-0.39, 0.29) is 18.2 Å². The quantitative estimate of drug-likeness (QED) is 0.516. The number of rotatable bonds is 7. The summed E-state index contributed by atoms with van der Waals surface area (Å²) in [5, 5.41) is 6.39. The summed E-state index contributed by atoms with van der Waals surface area (Å²) in [6.45, 7) is 4.10. The topological polar surface area (TPSA) is 75.4 Å². The molecule has 1 saturated heterocycles. The number of aromatic nitrogens is 1. The van der Waals surface area contributed by atoms with Crippen LogP contribution < -0.4 is 5.32 Å². The highest BCUT2D eigenvalue weighted by Crippen LogP contribution is 2.32. The summed E-state index contributed by atoms with van der Waals surface area (Å²) in [5.74, 6) is 0.720. The SMILES string of the molecule is CC(/C=C1\SC(=S)N(CCCC(=O)Nc2cc(C)on2)C1=O)=C\c1ccccc1. The second-order valence-electron chi connectivity index (χ2n) is 6.61. The van der Waals surface area contributed by atoms with E-state index in [1.165, 1.54) is 11.8 Å². The minimum absolute atomic E-state index is 0.117. The third-order valence-corrected chi connectivity index (χ3v) is 5.49. The van der Waals surface area contributed by atoms with Crippen molar-refractivity contribution in [1.82, 2.24) is 10.1 Å². The fourth-order valence-electron chi connectivity index (χ4n) is 2.78. The van der Waals surface area contributed by atoms with Crippen LogP contribution in [0.2, 0.25) is 0 Å². The molecule has 0 atom stereocenters. The van der Waals surface area contributed by atoms with Gasteiger partial charge in [-0.2, -0.15) is 0 Å². The molecule has 2 heterocycles. The van der Waals surface area contributed by atoms with Crippen LogP contribution in [0.25, 0.3) is 6.08 Å². The van der Waals surface area contributed by atoms with Gasteiger partial charge in [-0.15, -0.1) is 0 Å². The van der Waals surface area contributed by atoms with Gasteiger partial charge in [-0.1, -0.05) is 65.5 Å². The standard InChI is InChI=1S/C21H21N3O3S2/c1-14(11-16-7-4-3-5-8-16)12-17-20(26)24(21(28)29-17)10-6-9-19(25)22-18-13-15(2)27-23-18/h3-5,7-8,11-13H,6,9-10H2,1-2H3,(H,22,23,25)/b14-11+,17-12-. The van der Waals surface area contributed by atoms with Crippen LogP contribution in [-0.2, 0) is 9.59 Å². The van der Waals surface area contributed by atoms with Crippen LogP contribution in [0.4, 0.5) is 5.82 Å². The lowest BCUT2D eigenvalue weighted by atomic mass is 10.1. The van der Waals surface area contributed by atoms with E-state index in [1.807, 2.05) is 49.4 Å². The number of benzene rings is 1. The number of aryl methyl sites for hydroxylation is 1. The van der Waals surface area contributed by atoms with Gasteiger partial charge in [0.05, 0.1) is 4.91 Å². The van der Waals surface area contributed by atoms with Crippen LogP contribution >= 0.6 is 24.0 Å². The predicted molar refractivity (Wildman–Crippen MR) is 119 cm³/mol. The van der Waals surface area contributed by atoms with Crippen molar-refractivity contribution >= 4 is 52.0 Å². The largest absolute Gasteiger partial charge is 0.360 e. The fraction of sp³-hybridized carbons (Fsp3) is 0.238. The number of carbonyl (C=O) groups is 2. The molecule has 8 heteroatoms. The van der Waals surface area contributed by atoms with Crippen molar-refractivity contribution in [2.45, 2.75) is 26.7 Å². The molecule has 0 aliphatic carbocycles. The highest BCUT2D eigenvalue weighted by atomic mass is 32.2. The Morgan fingerprint density at radius 3 is 2.79 bits per heavy atom. The molecule has 1 N–H and O–H groups in total. The monoisotopic (exact) mass is 427 g/mol. The summed E-state index contributed by atoms with van der Waals surface area (Å²) >= 11 is 6.64. The lowest BCUT2D eigenvalue weighted by Gasteiger charge is -2.13. The first kappa shape index (κ1) is 21.0. The molecule has 1 aromatic carbocycles. The molecular weight excluding hydrogens is 406 g/mol. The van der Waals surface area contributed by atoms with E-state index < -0.39 is 0 Å². The van der Waals surface area contributed by atoms with Crippen molar-refractivity contribution in [1.29, 1.82) is 0 Å². The molecule has 1 fully saturated rings. The smallest absolute Gasteiger partial charge is 0.266 e. The van der Waals surface area contributed by atoms with Crippen LogP contribution in [0.3, 0.4) is 0 Å². The maximum Gasteiger partial charge on any atom is 0.266 e. The fourth-order valence-corrected chi connectivity index (χ4v) is 4.14. The zero-order valence-corrected chi connectivity index (χ0v) is 17.8. The molecule has 2 aromatic rings. The third-order valence-electron chi connectivity index (χ3n) is 4.11. The molecule has 29 heavy (non-hydrogen) atoms. The summed E-state index contributed by atoms with van der Waals surface area (Å²) in [6.07, 6.45) is 4.63. The van der Waals surface area contributed by atoms with Gasteiger partial charge in [0, 0.05) is 19.0 Å². The van der Waals surface area contributed by atoms with Crippen molar-refractivity contribution in [3.63, 3.8) is 0 Å². The van der Waals surface area contributed by atoms with Gasteiger partial charge >= 0.3 is 0 Å². The lowest BCUT2D eigenvalue weighted by Crippen LogP contribution is -2.29. The number of anilines is 1. The van der Waals surface area contributed by atoms with Crippen LogP contribution in [0.5, 0.6) is 0 Å². The van der Waals surface area contributed by atoms with Gasteiger partial charge in [0.15, 0.2) is 5.82 Å². The average Bonchev–Trinajstić information content (AvgIpc) is 3.19. The summed E-state index contributed by atoms with van der Waals surface area (Å²) in [4.78, 5) is 26.8. The summed E-state index contributed by atoms with van der Waals surface area (Å²) in [6, 6.07) is 11.6. The van der Waals surface area contributed by atoms with Gasteiger partial charge in [0.2, 0.25) is 5.91 Å². The zero-order valence-electron chi connectivity index (χ0n) is 16.2. The van der Waals surface area contributed by atoms with E-state index in [2.05, 4.69) is 10.5 Å². The van der Waals surface area contributed by atoms with E-state index in [9.17, 15) is 9.59 Å².